The second-order valence-corrected chi connectivity index (χ2v) is 7.89. The second kappa shape index (κ2) is 8.01. The van der Waals surface area contributed by atoms with Gasteiger partial charge in [0.15, 0.2) is 11.6 Å². The number of benzene rings is 1. The molecule has 2 aliphatic heterocycles. The number of likely N-dealkylation sites (N-methyl/N-ethyl adjacent to an activating group) is 1. The monoisotopic (exact) mass is 365 g/mol. The van der Waals surface area contributed by atoms with Gasteiger partial charge in [0.2, 0.25) is 5.91 Å². The minimum absolute atomic E-state index is 0.0685. The van der Waals surface area contributed by atoms with Crippen LogP contribution in [0.5, 0.6) is 0 Å². The van der Waals surface area contributed by atoms with Crippen LogP contribution in [0, 0.1) is 11.6 Å². The van der Waals surface area contributed by atoms with Gasteiger partial charge in [-0.1, -0.05) is 12.1 Å². The van der Waals surface area contributed by atoms with E-state index in [4.69, 9.17) is 0 Å². The van der Waals surface area contributed by atoms with E-state index < -0.39 is 11.6 Å². The molecule has 0 bridgehead atoms. The highest BCUT2D eigenvalue weighted by atomic mass is 19.2. The van der Waals surface area contributed by atoms with E-state index in [1.807, 2.05) is 4.90 Å². The average molecular weight is 365 g/mol. The Bertz CT molecular complexity index is 642. The molecule has 4 nitrogen and oxygen atoms in total. The number of rotatable bonds is 5. The molecule has 0 radical (unpaired) electrons. The molecule has 0 atom stereocenters. The summed E-state index contributed by atoms with van der Waals surface area (Å²) in [5.41, 5.74) is 0.362. The van der Waals surface area contributed by atoms with Gasteiger partial charge in [-0.05, 0) is 52.4 Å². The summed E-state index contributed by atoms with van der Waals surface area (Å²) in [6.45, 7) is 4.65. The van der Waals surface area contributed by atoms with Crippen LogP contribution in [0.2, 0.25) is 0 Å². The first-order chi connectivity index (χ1) is 12.4. The Labute approximate surface area is 154 Å². The van der Waals surface area contributed by atoms with Crippen LogP contribution in [-0.4, -0.2) is 73.0 Å². The Morgan fingerprint density at radius 1 is 1.15 bits per heavy atom. The van der Waals surface area contributed by atoms with Crippen LogP contribution in [0.1, 0.15) is 31.2 Å². The Kier molecular flexibility index (Phi) is 5.92. The van der Waals surface area contributed by atoms with Crippen LogP contribution in [0.25, 0.3) is 0 Å². The molecule has 2 saturated heterocycles. The van der Waals surface area contributed by atoms with Crippen LogP contribution >= 0.6 is 0 Å². The third-order valence-corrected chi connectivity index (χ3v) is 5.98. The van der Waals surface area contributed by atoms with Gasteiger partial charge in [0, 0.05) is 37.3 Å². The van der Waals surface area contributed by atoms with Gasteiger partial charge in [-0.15, -0.1) is 0 Å². The average Bonchev–Trinajstić information content (AvgIpc) is 2.99. The third-order valence-electron chi connectivity index (χ3n) is 5.98. The zero-order chi connectivity index (χ0) is 18.7. The van der Waals surface area contributed by atoms with E-state index in [1.54, 1.807) is 0 Å². The maximum atomic E-state index is 13.8. The number of hydrogen-bond acceptors (Lipinski definition) is 3. The summed E-state index contributed by atoms with van der Waals surface area (Å²) in [7, 11) is 4.19. The molecule has 1 spiro atoms. The molecule has 3 rings (SSSR count). The molecule has 2 aliphatic rings. The third kappa shape index (κ3) is 4.07. The lowest BCUT2D eigenvalue weighted by Crippen LogP contribution is -2.54. The van der Waals surface area contributed by atoms with Crippen LogP contribution in [0.15, 0.2) is 18.2 Å². The van der Waals surface area contributed by atoms with E-state index in [1.165, 1.54) is 25.0 Å². The van der Waals surface area contributed by atoms with Crippen molar-refractivity contribution in [2.45, 2.75) is 37.6 Å². The molecule has 0 unspecified atom stereocenters. The predicted molar refractivity (Wildman–Crippen MR) is 98.0 cm³/mol. The van der Waals surface area contributed by atoms with Gasteiger partial charge in [0.1, 0.15) is 0 Å². The fraction of sp³-hybridized carbons (Fsp3) is 0.650. The molecule has 26 heavy (non-hydrogen) atoms. The van der Waals surface area contributed by atoms with E-state index in [0.29, 0.717) is 13.1 Å². The lowest BCUT2D eigenvalue weighted by molar-refractivity contribution is -0.133. The van der Waals surface area contributed by atoms with Gasteiger partial charge in [0.05, 0.1) is 6.42 Å². The lowest BCUT2D eigenvalue weighted by Gasteiger charge is -2.45. The van der Waals surface area contributed by atoms with Crippen molar-refractivity contribution in [1.29, 1.82) is 0 Å². The molecule has 0 N–H and O–H groups in total. The number of likely N-dealkylation sites (tertiary alicyclic amines) is 2. The zero-order valence-electron chi connectivity index (χ0n) is 15.8. The second-order valence-electron chi connectivity index (χ2n) is 7.89. The topological polar surface area (TPSA) is 26.8 Å². The highest BCUT2D eigenvalue weighted by Crippen LogP contribution is 2.38. The van der Waals surface area contributed by atoms with Crippen molar-refractivity contribution in [3.05, 3.63) is 35.4 Å². The number of carbonyl (C=O) groups is 1. The van der Waals surface area contributed by atoms with Gasteiger partial charge in [0.25, 0.3) is 0 Å². The number of nitrogens with zero attached hydrogens (tertiary/aromatic N) is 3. The van der Waals surface area contributed by atoms with Crippen LogP contribution < -0.4 is 0 Å². The maximum Gasteiger partial charge on any atom is 0.227 e. The summed E-state index contributed by atoms with van der Waals surface area (Å²) in [4.78, 5) is 19.2. The number of piperidine rings is 1. The highest BCUT2D eigenvalue weighted by Gasteiger charge is 2.43. The Morgan fingerprint density at radius 2 is 1.88 bits per heavy atom. The quantitative estimate of drug-likeness (QED) is 0.802. The summed E-state index contributed by atoms with van der Waals surface area (Å²) in [6, 6.07) is 4.02. The van der Waals surface area contributed by atoms with Crippen molar-refractivity contribution in [2.75, 3.05) is 46.8 Å². The van der Waals surface area contributed by atoms with E-state index in [-0.39, 0.29) is 23.4 Å². The first-order valence-electron chi connectivity index (χ1n) is 9.52. The lowest BCUT2D eigenvalue weighted by atomic mass is 9.84. The molecule has 0 aliphatic carbocycles. The van der Waals surface area contributed by atoms with Crippen LogP contribution in [-0.2, 0) is 11.2 Å². The van der Waals surface area contributed by atoms with Gasteiger partial charge in [-0.3, -0.25) is 9.69 Å². The van der Waals surface area contributed by atoms with Crippen LogP contribution in [0.3, 0.4) is 0 Å². The zero-order valence-corrected chi connectivity index (χ0v) is 15.8. The maximum absolute atomic E-state index is 13.8. The molecular weight excluding hydrogens is 336 g/mol. The summed E-state index contributed by atoms with van der Waals surface area (Å²) >= 11 is 0. The standard InChI is InChI=1S/C20H29F2N3O/c1-23(2)13-14-25-10-4-7-20(25)8-11-24(12-9-20)18(26)15-16-5-3-6-17(21)19(16)22/h3,5-6H,4,7-15H2,1-2H3. The van der Waals surface area contributed by atoms with Gasteiger partial charge in [-0.25, -0.2) is 8.78 Å². The number of hydrogen-bond donors (Lipinski definition) is 0. The van der Waals surface area contributed by atoms with Crippen molar-refractivity contribution in [2.24, 2.45) is 0 Å². The summed E-state index contributed by atoms with van der Waals surface area (Å²) in [5.74, 6) is -1.91. The highest BCUT2D eigenvalue weighted by molar-refractivity contribution is 5.79. The number of halogens is 2. The fourth-order valence-electron chi connectivity index (χ4n) is 4.36. The first-order valence-corrected chi connectivity index (χ1v) is 9.52. The first kappa shape index (κ1) is 19.2. The smallest absolute Gasteiger partial charge is 0.227 e. The fourth-order valence-corrected chi connectivity index (χ4v) is 4.36. The molecule has 2 heterocycles. The molecule has 0 saturated carbocycles. The van der Waals surface area contributed by atoms with Crippen molar-refractivity contribution in [1.82, 2.24) is 14.7 Å². The Morgan fingerprint density at radius 3 is 2.58 bits per heavy atom. The minimum atomic E-state index is -0.903. The number of carbonyl (C=O) groups excluding carboxylic acids is 1. The largest absolute Gasteiger partial charge is 0.342 e. The van der Waals surface area contributed by atoms with E-state index >= 15 is 0 Å². The molecular formula is C20H29F2N3O. The van der Waals surface area contributed by atoms with Crippen molar-refractivity contribution >= 4 is 5.91 Å². The van der Waals surface area contributed by atoms with Gasteiger partial charge >= 0.3 is 0 Å². The van der Waals surface area contributed by atoms with Crippen molar-refractivity contribution < 1.29 is 13.6 Å². The molecule has 2 fully saturated rings. The van der Waals surface area contributed by atoms with Gasteiger partial charge in [-0.2, -0.15) is 0 Å². The summed E-state index contributed by atoms with van der Waals surface area (Å²) in [6.07, 6.45) is 4.29. The van der Waals surface area contributed by atoms with Crippen molar-refractivity contribution in [3.8, 4) is 0 Å². The van der Waals surface area contributed by atoms with Gasteiger partial charge < -0.3 is 9.80 Å². The van der Waals surface area contributed by atoms with E-state index in [2.05, 4.69) is 23.9 Å². The SMILES string of the molecule is CN(C)CCN1CCCC12CCN(C(=O)Cc1cccc(F)c1F)CC2. The van der Waals surface area contributed by atoms with Crippen molar-refractivity contribution in [3.63, 3.8) is 0 Å². The molecule has 144 valence electrons. The minimum Gasteiger partial charge on any atom is -0.342 e. The summed E-state index contributed by atoms with van der Waals surface area (Å²) in [5, 5.41) is 0. The molecule has 6 heteroatoms. The molecule has 0 aromatic heterocycles. The normalized spacial score (nSPS) is 20.3. The predicted octanol–water partition coefficient (Wildman–Crippen LogP) is 2.53. The number of amides is 1. The van der Waals surface area contributed by atoms with E-state index in [9.17, 15) is 13.6 Å². The van der Waals surface area contributed by atoms with E-state index in [0.717, 1.165) is 38.5 Å². The Hall–Kier alpha value is -1.53. The van der Waals surface area contributed by atoms with Crippen LogP contribution in [0.4, 0.5) is 8.78 Å². The molecule has 1 aromatic rings. The molecule has 1 aromatic carbocycles. The summed E-state index contributed by atoms with van der Waals surface area (Å²) < 4.78 is 27.2. The molecule has 1 amide bonds. The Balaban J connectivity index is 1.57.